The Hall–Kier alpha value is -8.00. The Morgan fingerprint density at radius 3 is 0.968 bits per heavy atom. The van der Waals surface area contributed by atoms with Gasteiger partial charge in [-0.25, -0.2) is 0 Å². The van der Waals surface area contributed by atoms with Gasteiger partial charge >= 0.3 is 0 Å². The third-order valence-electron chi connectivity index (χ3n) is 14.2. The van der Waals surface area contributed by atoms with Crippen LogP contribution in [-0.2, 0) is 10.8 Å². The quantitative estimate of drug-likeness (QED) is 0.168. The van der Waals surface area contributed by atoms with Crippen molar-refractivity contribution in [2.45, 2.75) is 10.8 Å². The number of benzene rings is 10. The molecule has 0 aromatic heterocycles. The lowest BCUT2D eigenvalue weighted by molar-refractivity contribution is 0.633. The zero-order valence-corrected chi connectivity index (χ0v) is 34.6. The van der Waals surface area contributed by atoms with Crippen molar-refractivity contribution < 1.29 is 0 Å². The van der Waals surface area contributed by atoms with Crippen LogP contribution in [0.2, 0.25) is 0 Å². The van der Waals surface area contributed by atoms with Crippen LogP contribution in [0.4, 0.5) is 17.1 Å². The van der Waals surface area contributed by atoms with Crippen molar-refractivity contribution in [3.05, 3.63) is 293 Å². The Morgan fingerprint density at radius 1 is 0.222 bits per heavy atom. The van der Waals surface area contributed by atoms with Crippen LogP contribution in [0.1, 0.15) is 44.5 Å². The Bertz CT molecular complexity index is 3210. The highest BCUT2D eigenvalue weighted by Crippen LogP contribution is 2.69. The second kappa shape index (κ2) is 13.8. The topological polar surface area (TPSA) is 3.24 Å². The molecule has 294 valence electrons. The van der Waals surface area contributed by atoms with Gasteiger partial charge < -0.3 is 4.90 Å². The SMILES string of the molecule is c1ccc(-c2ccc(N(c3ccc(-c4ccccc4)cc3)c3cccc4c3C3(c5ccccc5-c5ccccc53)c3ccccc3C43c4ccccc4-c4ccccc43)cc2)cc1. The molecule has 0 heterocycles. The van der Waals surface area contributed by atoms with Gasteiger partial charge in [-0.1, -0.05) is 218 Å². The number of anilines is 3. The predicted molar refractivity (Wildman–Crippen MR) is 260 cm³/mol. The van der Waals surface area contributed by atoms with Crippen LogP contribution in [0.3, 0.4) is 0 Å². The van der Waals surface area contributed by atoms with Gasteiger partial charge in [0, 0.05) is 16.9 Å². The number of hydrogen-bond donors (Lipinski definition) is 0. The van der Waals surface area contributed by atoms with Crippen molar-refractivity contribution in [1.82, 2.24) is 0 Å². The molecule has 0 bridgehead atoms. The molecule has 1 nitrogen and oxygen atoms in total. The van der Waals surface area contributed by atoms with Gasteiger partial charge in [-0.2, -0.15) is 0 Å². The molecule has 0 N–H and O–H groups in total. The third kappa shape index (κ3) is 4.88. The molecule has 0 amide bonds. The van der Waals surface area contributed by atoms with Crippen LogP contribution in [0.25, 0.3) is 44.5 Å². The van der Waals surface area contributed by atoms with Gasteiger partial charge in [0.05, 0.1) is 16.5 Å². The lowest BCUT2D eigenvalue weighted by Crippen LogP contribution is -2.44. The highest BCUT2D eigenvalue weighted by Gasteiger charge is 2.60. The molecule has 0 fully saturated rings. The van der Waals surface area contributed by atoms with Gasteiger partial charge in [-0.05, 0) is 114 Å². The van der Waals surface area contributed by atoms with Crippen LogP contribution in [0, 0.1) is 0 Å². The standard InChI is InChI=1S/C62H41N/c1-3-18-42(19-4-1)44-34-38-46(39-35-44)63(47-40-36-45(37-41-47)43-20-5-2-6-21-43)59-33-17-32-58-60(59)62(54-28-13-9-24-50(54)51-25-10-14-29-55(51)62)57-31-16-15-30-56(57)61(58)52-26-11-7-22-48(52)49-23-8-12-27-53(49)61/h1-41H. The van der Waals surface area contributed by atoms with Crippen LogP contribution in [0.15, 0.2) is 249 Å². The smallest absolute Gasteiger partial charge is 0.0740 e. The van der Waals surface area contributed by atoms with Gasteiger partial charge in [0.1, 0.15) is 0 Å². The molecule has 3 aliphatic carbocycles. The van der Waals surface area contributed by atoms with Gasteiger partial charge in [0.15, 0.2) is 0 Å². The van der Waals surface area contributed by atoms with Crippen molar-refractivity contribution in [2.24, 2.45) is 0 Å². The Labute approximate surface area is 368 Å². The van der Waals surface area contributed by atoms with E-state index in [1.165, 1.54) is 89.0 Å². The van der Waals surface area contributed by atoms with Crippen molar-refractivity contribution in [1.29, 1.82) is 0 Å². The Balaban J connectivity index is 1.18. The van der Waals surface area contributed by atoms with E-state index in [0.29, 0.717) is 0 Å². The van der Waals surface area contributed by atoms with Crippen molar-refractivity contribution in [3.63, 3.8) is 0 Å². The van der Waals surface area contributed by atoms with Crippen LogP contribution < -0.4 is 4.90 Å². The average molecular weight is 800 g/mol. The molecule has 2 spiro atoms. The van der Waals surface area contributed by atoms with E-state index in [1.54, 1.807) is 0 Å². The third-order valence-corrected chi connectivity index (χ3v) is 14.2. The fourth-order valence-corrected chi connectivity index (χ4v) is 11.8. The van der Waals surface area contributed by atoms with E-state index in [9.17, 15) is 0 Å². The maximum absolute atomic E-state index is 2.53. The molecule has 0 atom stereocenters. The molecule has 0 saturated carbocycles. The molecule has 1 heteroatoms. The minimum absolute atomic E-state index is 0.577. The van der Waals surface area contributed by atoms with Gasteiger partial charge in [0.25, 0.3) is 0 Å². The molecule has 0 saturated heterocycles. The normalized spacial score (nSPS) is 14.0. The fourth-order valence-electron chi connectivity index (χ4n) is 11.8. The van der Waals surface area contributed by atoms with E-state index in [-0.39, 0.29) is 0 Å². The Kier molecular flexibility index (Phi) is 7.80. The number of rotatable bonds is 5. The maximum Gasteiger partial charge on any atom is 0.0740 e. The summed E-state index contributed by atoms with van der Waals surface area (Å²) in [5.41, 5.74) is 22.7. The minimum Gasteiger partial charge on any atom is -0.310 e. The highest BCUT2D eigenvalue weighted by molar-refractivity contribution is 5.97. The van der Waals surface area contributed by atoms with E-state index >= 15 is 0 Å². The van der Waals surface area contributed by atoms with E-state index < -0.39 is 10.8 Å². The second-order valence-corrected chi connectivity index (χ2v) is 17.1. The zero-order chi connectivity index (χ0) is 41.5. The first kappa shape index (κ1) is 35.7. The summed E-state index contributed by atoms with van der Waals surface area (Å²) in [5, 5.41) is 0. The molecule has 3 aliphatic rings. The molecule has 0 aliphatic heterocycles. The van der Waals surface area contributed by atoms with Crippen LogP contribution in [-0.4, -0.2) is 0 Å². The molecule has 10 aromatic rings. The lowest BCUT2D eigenvalue weighted by atomic mass is 9.52. The summed E-state index contributed by atoms with van der Waals surface area (Å²) < 4.78 is 0. The van der Waals surface area contributed by atoms with Crippen molar-refractivity contribution >= 4 is 17.1 Å². The number of nitrogens with zero attached hydrogens (tertiary/aromatic N) is 1. The maximum atomic E-state index is 2.53. The molecule has 10 aromatic carbocycles. The largest absolute Gasteiger partial charge is 0.310 e. The average Bonchev–Trinajstić information content (AvgIpc) is 3.83. The summed E-state index contributed by atoms with van der Waals surface area (Å²) in [6, 6.07) is 92.9. The molecular formula is C62H41N. The lowest BCUT2D eigenvalue weighted by Gasteiger charge is -2.50. The summed E-state index contributed by atoms with van der Waals surface area (Å²) in [5.74, 6) is 0. The summed E-state index contributed by atoms with van der Waals surface area (Å²) in [7, 11) is 0. The Morgan fingerprint density at radius 2 is 0.540 bits per heavy atom. The number of hydrogen-bond acceptors (Lipinski definition) is 1. The summed E-state index contributed by atoms with van der Waals surface area (Å²) in [6.45, 7) is 0. The monoisotopic (exact) mass is 799 g/mol. The van der Waals surface area contributed by atoms with Gasteiger partial charge in [0.2, 0.25) is 0 Å². The summed E-state index contributed by atoms with van der Waals surface area (Å²) in [4.78, 5) is 2.53. The van der Waals surface area contributed by atoms with E-state index in [4.69, 9.17) is 0 Å². The van der Waals surface area contributed by atoms with Gasteiger partial charge in [-0.15, -0.1) is 0 Å². The number of fused-ring (bicyclic) bond motifs is 16. The molecule has 0 unspecified atom stereocenters. The van der Waals surface area contributed by atoms with Crippen LogP contribution in [0.5, 0.6) is 0 Å². The first-order valence-electron chi connectivity index (χ1n) is 22.0. The minimum atomic E-state index is -0.639. The van der Waals surface area contributed by atoms with E-state index in [0.717, 1.165) is 17.1 Å². The summed E-state index contributed by atoms with van der Waals surface area (Å²) in [6.07, 6.45) is 0. The molecular weight excluding hydrogens is 759 g/mol. The molecule has 0 radical (unpaired) electrons. The second-order valence-electron chi connectivity index (χ2n) is 17.1. The van der Waals surface area contributed by atoms with E-state index in [2.05, 4.69) is 254 Å². The first-order valence-corrected chi connectivity index (χ1v) is 22.0. The summed E-state index contributed by atoms with van der Waals surface area (Å²) >= 11 is 0. The predicted octanol–water partition coefficient (Wildman–Crippen LogP) is 15.5. The fraction of sp³-hybridized carbons (Fsp3) is 0.0323. The molecule has 13 rings (SSSR count). The molecule has 63 heavy (non-hydrogen) atoms. The highest BCUT2D eigenvalue weighted by atomic mass is 15.1. The van der Waals surface area contributed by atoms with Crippen LogP contribution >= 0.6 is 0 Å². The van der Waals surface area contributed by atoms with Crippen molar-refractivity contribution in [3.8, 4) is 44.5 Å². The first-order chi connectivity index (χ1) is 31.3. The zero-order valence-electron chi connectivity index (χ0n) is 34.6. The van der Waals surface area contributed by atoms with E-state index in [1.807, 2.05) is 0 Å². The van der Waals surface area contributed by atoms with Gasteiger partial charge in [-0.3, -0.25) is 0 Å². The van der Waals surface area contributed by atoms with Crippen molar-refractivity contribution in [2.75, 3.05) is 4.90 Å².